The summed E-state index contributed by atoms with van der Waals surface area (Å²) in [5.74, 6) is 0. The first-order chi connectivity index (χ1) is 12.2. The monoisotopic (exact) mass is 441 g/mol. The number of halogens is 1. The zero-order valence-corrected chi connectivity index (χ0v) is 19.5. The molecule has 0 spiro atoms. The number of rotatable bonds is 11. The first-order valence-electron chi connectivity index (χ1n) is 9.77. The van der Waals surface area contributed by atoms with E-state index in [-0.39, 0.29) is 16.2 Å². The van der Waals surface area contributed by atoms with Gasteiger partial charge in [-0.2, -0.15) is 0 Å². The molecule has 1 aromatic carbocycles. The molecule has 0 aliphatic heterocycles. The highest BCUT2D eigenvalue weighted by Gasteiger charge is 2.37. The fraction of sp³-hybridized carbons (Fsp3) is 0.636. The molecule has 1 N–H and O–H groups in total. The van der Waals surface area contributed by atoms with Crippen molar-refractivity contribution in [3.8, 4) is 0 Å². The molecule has 1 aromatic rings. The molecule has 26 heavy (non-hydrogen) atoms. The largest absolute Gasteiger partial charge is 0.242 e. The SMILES string of the molecule is C=C[C@](CC)(CCCCCC)[C@@H](N[S@](=O)C(C)(C)C)c1ccc(Br)cc1. The van der Waals surface area contributed by atoms with Gasteiger partial charge >= 0.3 is 0 Å². The minimum absolute atomic E-state index is 0.0141. The predicted molar refractivity (Wildman–Crippen MR) is 120 cm³/mol. The van der Waals surface area contributed by atoms with Crippen molar-refractivity contribution in [3.63, 3.8) is 0 Å². The van der Waals surface area contributed by atoms with Gasteiger partial charge in [-0.05, 0) is 51.3 Å². The Labute approximate surface area is 172 Å². The first kappa shape index (κ1) is 23.6. The molecule has 4 heteroatoms. The second kappa shape index (κ2) is 10.8. The van der Waals surface area contributed by atoms with Crippen molar-refractivity contribution in [3.05, 3.63) is 47.0 Å². The van der Waals surface area contributed by atoms with Crippen molar-refractivity contribution in [2.24, 2.45) is 5.41 Å². The van der Waals surface area contributed by atoms with E-state index in [4.69, 9.17) is 0 Å². The average molecular weight is 443 g/mol. The molecule has 148 valence electrons. The smallest absolute Gasteiger partial charge is 0.0976 e. The normalized spacial score (nSPS) is 16.7. The second-order valence-electron chi connectivity index (χ2n) is 8.09. The molecule has 0 heterocycles. The molecule has 0 saturated carbocycles. The van der Waals surface area contributed by atoms with Crippen molar-refractivity contribution in [1.29, 1.82) is 0 Å². The van der Waals surface area contributed by atoms with Crippen LogP contribution >= 0.6 is 15.9 Å². The number of hydrogen-bond acceptors (Lipinski definition) is 1. The standard InChI is InChI=1S/C22H36BrNOS/c1-7-10-11-12-17-22(8-2,9-3)20(24-26(25)21(4,5)6)18-13-15-19(23)16-14-18/h8,13-16,20,24H,2,7,9-12,17H2,1,3-6H3/t20-,22-,26+/m0/s1. The van der Waals surface area contributed by atoms with Crippen molar-refractivity contribution >= 4 is 26.9 Å². The lowest BCUT2D eigenvalue weighted by atomic mass is 9.72. The summed E-state index contributed by atoms with van der Waals surface area (Å²) < 4.78 is 17.1. The lowest BCUT2D eigenvalue weighted by Gasteiger charge is -2.40. The summed E-state index contributed by atoms with van der Waals surface area (Å²) >= 11 is 3.52. The van der Waals surface area contributed by atoms with Crippen LogP contribution in [0.3, 0.4) is 0 Å². The predicted octanol–water partition coefficient (Wildman–Crippen LogP) is 7.09. The van der Waals surface area contributed by atoms with E-state index >= 15 is 0 Å². The molecular formula is C22H36BrNOS. The fourth-order valence-corrected chi connectivity index (χ4v) is 4.43. The lowest BCUT2D eigenvalue weighted by Crippen LogP contribution is -2.42. The van der Waals surface area contributed by atoms with E-state index in [1.165, 1.54) is 31.2 Å². The quantitative estimate of drug-likeness (QED) is 0.288. The highest BCUT2D eigenvalue weighted by molar-refractivity contribution is 9.10. The zero-order chi connectivity index (χ0) is 19.8. The summed E-state index contributed by atoms with van der Waals surface area (Å²) in [6.45, 7) is 14.7. The van der Waals surface area contributed by atoms with E-state index in [1.54, 1.807) is 0 Å². The van der Waals surface area contributed by atoms with Crippen LogP contribution in [0.1, 0.15) is 84.7 Å². The molecule has 3 atom stereocenters. The molecule has 2 nitrogen and oxygen atoms in total. The molecule has 0 radical (unpaired) electrons. The van der Waals surface area contributed by atoms with Gasteiger partial charge in [-0.25, -0.2) is 8.93 Å². The van der Waals surface area contributed by atoms with E-state index in [2.05, 4.69) is 71.4 Å². The number of hydrogen-bond donors (Lipinski definition) is 1. The van der Waals surface area contributed by atoms with Gasteiger partial charge in [0, 0.05) is 9.89 Å². The summed E-state index contributed by atoms with van der Waals surface area (Å²) in [7, 11) is -1.14. The molecule has 0 saturated heterocycles. The Morgan fingerprint density at radius 2 is 1.77 bits per heavy atom. The van der Waals surface area contributed by atoms with Crippen molar-refractivity contribution < 1.29 is 4.21 Å². The van der Waals surface area contributed by atoms with Crippen molar-refractivity contribution in [2.75, 3.05) is 0 Å². The minimum atomic E-state index is -1.14. The Morgan fingerprint density at radius 1 is 1.15 bits per heavy atom. The van der Waals surface area contributed by atoms with Gasteiger partial charge < -0.3 is 0 Å². The molecule has 0 aromatic heterocycles. The Morgan fingerprint density at radius 3 is 2.23 bits per heavy atom. The maximum atomic E-state index is 12.9. The van der Waals surface area contributed by atoms with Crippen LogP contribution in [0.2, 0.25) is 0 Å². The summed E-state index contributed by atoms with van der Waals surface area (Å²) in [5, 5.41) is 0. The summed E-state index contributed by atoms with van der Waals surface area (Å²) in [6, 6.07) is 8.36. The van der Waals surface area contributed by atoms with Crippen molar-refractivity contribution in [2.45, 2.75) is 83.9 Å². The number of benzene rings is 1. The summed E-state index contributed by atoms with van der Waals surface area (Å²) in [4.78, 5) is 0. The second-order valence-corrected chi connectivity index (χ2v) is 11.0. The highest BCUT2D eigenvalue weighted by atomic mass is 79.9. The topological polar surface area (TPSA) is 29.1 Å². The van der Waals surface area contributed by atoms with Crippen LogP contribution in [-0.4, -0.2) is 8.96 Å². The van der Waals surface area contributed by atoms with Gasteiger partial charge in [0.2, 0.25) is 0 Å². The minimum Gasteiger partial charge on any atom is -0.242 e. The van der Waals surface area contributed by atoms with Crippen LogP contribution in [-0.2, 0) is 11.0 Å². The third kappa shape index (κ3) is 6.61. The average Bonchev–Trinajstić information content (AvgIpc) is 2.61. The maximum absolute atomic E-state index is 12.9. The molecule has 1 rings (SSSR count). The Bertz CT molecular complexity index is 579. The summed E-state index contributed by atoms with van der Waals surface area (Å²) in [6.07, 6.45) is 9.03. The molecule has 0 aliphatic rings. The van der Waals surface area contributed by atoms with Gasteiger partial charge in [-0.15, -0.1) is 6.58 Å². The first-order valence-corrected chi connectivity index (χ1v) is 11.7. The Kier molecular flexibility index (Phi) is 9.77. The van der Waals surface area contributed by atoms with E-state index in [0.29, 0.717) is 0 Å². The van der Waals surface area contributed by atoms with Gasteiger partial charge in [-0.1, -0.05) is 73.7 Å². The molecule has 0 unspecified atom stereocenters. The van der Waals surface area contributed by atoms with Crippen LogP contribution in [0.5, 0.6) is 0 Å². The van der Waals surface area contributed by atoms with Gasteiger partial charge in [0.15, 0.2) is 0 Å². The Balaban J connectivity index is 3.22. The van der Waals surface area contributed by atoms with Gasteiger partial charge in [0.05, 0.1) is 21.8 Å². The zero-order valence-electron chi connectivity index (χ0n) is 17.1. The fourth-order valence-electron chi connectivity index (χ4n) is 3.23. The van der Waals surface area contributed by atoms with Crippen molar-refractivity contribution in [1.82, 2.24) is 4.72 Å². The molecular weight excluding hydrogens is 406 g/mol. The van der Waals surface area contributed by atoms with Gasteiger partial charge in [0.1, 0.15) is 0 Å². The molecule has 0 aliphatic carbocycles. The Hall–Kier alpha value is -0.450. The molecule has 0 amide bonds. The third-order valence-electron chi connectivity index (χ3n) is 5.12. The summed E-state index contributed by atoms with van der Waals surface area (Å²) in [5.41, 5.74) is 1.06. The van der Waals surface area contributed by atoms with E-state index in [1.807, 2.05) is 20.8 Å². The van der Waals surface area contributed by atoms with Crippen LogP contribution in [0.15, 0.2) is 41.4 Å². The van der Waals surface area contributed by atoms with Crippen LogP contribution in [0, 0.1) is 5.41 Å². The number of unbranched alkanes of at least 4 members (excludes halogenated alkanes) is 3. The highest BCUT2D eigenvalue weighted by Crippen LogP contribution is 2.43. The molecule has 0 fully saturated rings. The van der Waals surface area contributed by atoms with Crippen LogP contribution in [0.25, 0.3) is 0 Å². The van der Waals surface area contributed by atoms with Crippen LogP contribution in [0.4, 0.5) is 0 Å². The van der Waals surface area contributed by atoms with E-state index in [0.717, 1.165) is 17.3 Å². The third-order valence-corrected chi connectivity index (χ3v) is 7.21. The lowest BCUT2D eigenvalue weighted by molar-refractivity contribution is 0.246. The van der Waals surface area contributed by atoms with E-state index in [9.17, 15) is 4.21 Å². The maximum Gasteiger partial charge on any atom is 0.0976 e. The van der Waals surface area contributed by atoms with Gasteiger partial charge in [0.25, 0.3) is 0 Å². The van der Waals surface area contributed by atoms with Crippen LogP contribution < -0.4 is 4.72 Å². The van der Waals surface area contributed by atoms with Gasteiger partial charge in [-0.3, -0.25) is 0 Å². The number of nitrogens with one attached hydrogen (secondary N) is 1. The molecule has 0 bridgehead atoms. The van der Waals surface area contributed by atoms with E-state index < -0.39 is 11.0 Å².